The topological polar surface area (TPSA) is 86.3 Å². The Morgan fingerprint density at radius 3 is 2.75 bits per heavy atom. The van der Waals surface area contributed by atoms with Crippen LogP contribution in [-0.2, 0) is 17.9 Å². The van der Waals surface area contributed by atoms with Gasteiger partial charge in [0, 0.05) is 31.7 Å². The lowest BCUT2D eigenvalue weighted by Gasteiger charge is -2.37. The third-order valence-corrected chi connectivity index (χ3v) is 4.83. The number of amides is 1. The van der Waals surface area contributed by atoms with Gasteiger partial charge in [-0.1, -0.05) is 23.4 Å². The number of likely N-dealkylation sites (tertiary alicyclic amines) is 1. The van der Waals surface area contributed by atoms with Crippen molar-refractivity contribution in [2.75, 3.05) is 13.1 Å². The highest BCUT2D eigenvalue weighted by Crippen LogP contribution is 2.25. The van der Waals surface area contributed by atoms with Crippen LogP contribution in [0.15, 0.2) is 40.9 Å². The molecule has 4 rings (SSSR count). The first-order chi connectivity index (χ1) is 13.6. The summed E-state index contributed by atoms with van der Waals surface area (Å²) >= 11 is 0. The minimum atomic E-state index is 0.117. The van der Waals surface area contributed by atoms with Crippen LogP contribution in [0.3, 0.4) is 0 Å². The molecule has 0 atom stereocenters. The van der Waals surface area contributed by atoms with Crippen LogP contribution in [0.1, 0.15) is 35.4 Å². The first kappa shape index (κ1) is 18.2. The van der Waals surface area contributed by atoms with E-state index in [1.165, 1.54) is 0 Å². The first-order valence-corrected chi connectivity index (χ1v) is 9.37. The van der Waals surface area contributed by atoms with E-state index in [1.54, 1.807) is 0 Å². The maximum absolute atomic E-state index is 12.4. The predicted octanol–water partition coefficient (Wildman–Crippen LogP) is 2.48. The second kappa shape index (κ2) is 7.84. The zero-order valence-corrected chi connectivity index (χ0v) is 16.0. The number of para-hydroxylation sites is 1. The van der Waals surface area contributed by atoms with Gasteiger partial charge in [-0.2, -0.15) is 10.1 Å². The van der Waals surface area contributed by atoms with Gasteiger partial charge in [-0.25, -0.2) is 0 Å². The van der Waals surface area contributed by atoms with Gasteiger partial charge in [0.1, 0.15) is 5.75 Å². The molecule has 1 saturated heterocycles. The van der Waals surface area contributed by atoms with Gasteiger partial charge >= 0.3 is 0 Å². The highest BCUT2D eigenvalue weighted by atomic mass is 16.5. The Kier molecular flexibility index (Phi) is 5.10. The second-order valence-corrected chi connectivity index (χ2v) is 7.04. The van der Waals surface area contributed by atoms with Crippen molar-refractivity contribution in [3.05, 3.63) is 59.5 Å². The summed E-state index contributed by atoms with van der Waals surface area (Å²) < 4.78 is 12.7. The summed E-state index contributed by atoms with van der Waals surface area (Å²) in [4.78, 5) is 18.6. The lowest BCUT2D eigenvalue weighted by atomic mass is 9.99. The van der Waals surface area contributed by atoms with E-state index >= 15 is 0 Å². The van der Waals surface area contributed by atoms with Crippen LogP contribution in [0.5, 0.6) is 5.75 Å². The molecule has 3 heterocycles. The number of benzene rings is 1. The molecule has 3 aromatic rings. The molecule has 1 aliphatic rings. The number of nitrogens with zero attached hydrogens (tertiary/aromatic N) is 5. The van der Waals surface area contributed by atoms with E-state index in [0.717, 1.165) is 17.1 Å². The van der Waals surface area contributed by atoms with Gasteiger partial charge in [0.15, 0.2) is 12.4 Å². The molecule has 28 heavy (non-hydrogen) atoms. The molecule has 8 heteroatoms. The third kappa shape index (κ3) is 4.05. The smallest absolute Gasteiger partial charge is 0.264 e. The van der Waals surface area contributed by atoms with E-state index in [9.17, 15) is 4.79 Å². The Morgan fingerprint density at radius 2 is 2.04 bits per heavy atom. The SMILES string of the molecule is Cc1cc(C)n(CCC(=O)N2CC(c3noc(COc4ccccc4)n3)C2)n1. The molecule has 8 nitrogen and oxygen atoms in total. The molecule has 0 bridgehead atoms. The third-order valence-electron chi connectivity index (χ3n) is 4.83. The number of rotatable bonds is 7. The number of aromatic nitrogens is 4. The molecule has 2 aromatic heterocycles. The molecule has 1 aromatic carbocycles. The molecule has 1 aliphatic heterocycles. The molecule has 0 unspecified atom stereocenters. The zero-order chi connectivity index (χ0) is 19.5. The minimum Gasteiger partial charge on any atom is -0.484 e. The van der Waals surface area contributed by atoms with Crippen LogP contribution in [0, 0.1) is 13.8 Å². The summed E-state index contributed by atoms with van der Waals surface area (Å²) in [6, 6.07) is 11.5. The summed E-state index contributed by atoms with van der Waals surface area (Å²) in [6.45, 7) is 6.02. The van der Waals surface area contributed by atoms with Crippen molar-refractivity contribution in [1.82, 2.24) is 24.8 Å². The standard InChI is InChI=1S/C20H23N5O3/c1-14-10-15(2)25(22-14)9-8-19(26)24-11-16(12-24)20-21-18(28-23-20)13-27-17-6-4-3-5-7-17/h3-7,10,16H,8-9,11-13H2,1-2H3. The molecule has 1 fully saturated rings. The van der Waals surface area contributed by atoms with Crippen LogP contribution < -0.4 is 4.74 Å². The Morgan fingerprint density at radius 1 is 1.25 bits per heavy atom. The summed E-state index contributed by atoms with van der Waals surface area (Å²) in [5.41, 5.74) is 2.04. The maximum Gasteiger partial charge on any atom is 0.264 e. The van der Waals surface area contributed by atoms with Crippen LogP contribution in [0.4, 0.5) is 0 Å². The highest BCUT2D eigenvalue weighted by molar-refractivity contribution is 5.77. The summed E-state index contributed by atoms with van der Waals surface area (Å²) in [5, 5.41) is 8.43. The molecule has 0 radical (unpaired) electrons. The van der Waals surface area contributed by atoms with E-state index in [2.05, 4.69) is 15.2 Å². The fraction of sp³-hybridized carbons (Fsp3) is 0.400. The molecule has 0 spiro atoms. The number of aryl methyl sites for hydroxylation is 3. The monoisotopic (exact) mass is 381 g/mol. The van der Waals surface area contributed by atoms with Gasteiger partial charge in [0.2, 0.25) is 5.91 Å². The number of hydrogen-bond donors (Lipinski definition) is 0. The van der Waals surface area contributed by atoms with Crippen LogP contribution >= 0.6 is 0 Å². The summed E-state index contributed by atoms with van der Waals surface area (Å²) in [7, 11) is 0. The zero-order valence-electron chi connectivity index (χ0n) is 16.0. The van der Waals surface area contributed by atoms with E-state index in [4.69, 9.17) is 9.26 Å². The van der Waals surface area contributed by atoms with Crippen molar-refractivity contribution in [3.63, 3.8) is 0 Å². The Hall–Kier alpha value is -3.16. The maximum atomic E-state index is 12.4. The van der Waals surface area contributed by atoms with Gasteiger partial charge in [-0.3, -0.25) is 9.48 Å². The van der Waals surface area contributed by atoms with Gasteiger partial charge in [-0.15, -0.1) is 0 Å². The van der Waals surface area contributed by atoms with E-state index in [1.807, 2.05) is 59.8 Å². The van der Waals surface area contributed by atoms with Crippen molar-refractivity contribution >= 4 is 5.91 Å². The molecular formula is C20H23N5O3. The minimum absolute atomic E-state index is 0.117. The largest absolute Gasteiger partial charge is 0.484 e. The van der Waals surface area contributed by atoms with Gasteiger partial charge < -0.3 is 14.2 Å². The molecule has 0 N–H and O–H groups in total. The second-order valence-electron chi connectivity index (χ2n) is 7.04. The van der Waals surface area contributed by atoms with Gasteiger partial charge in [0.25, 0.3) is 5.89 Å². The van der Waals surface area contributed by atoms with Gasteiger partial charge in [0.05, 0.1) is 11.6 Å². The fourth-order valence-corrected chi connectivity index (χ4v) is 3.26. The molecule has 1 amide bonds. The van der Waals surface area contributed by atoms with Gasteiger partial charge in [-0.05, 0) is 32.0 Å². The average molecular weight is 381 g/mol. The Bertz CT molecular complexity index is 944. The quantitative estimate of drug-likeness (QED) is 0.625. The van der Waals surface area contributed by atoms with E-state index < -0.39 is 0 Å². The highest BCUT2D eigenvalue weighted by Gasteiger charge is 2.34. The molecule has 146 valence electrons. The Balaban J connectivity index is 1.23. The van der Waals surface area contributed by atoms with Crippen molar-refractivity contribution < 1.29 is 14.1 Å². The first-order valence-electron chi connectivity index (χ1n) is 9.37. The lowest BCUT2D eigenvalue weighted by Crippen LogP contribution is -2.49. The van der Waals surface area contributed by atoms with Crippen molar-refractivity contribution in [3.8, 4) is 5.75 Å². The van der Waals surface area contributed by atoms with Crippen molar-refractivity contribution in [1.29, 1.82) is 0 Å². The van der Waals surface area contributed by atoms with Crippen LogP contribution in [0.25, 0.3) is 0 Å². The summed E-state index contributed by atoms with van der Waals surface area (Å²) in [6.07, 6.45) is 0.442. The number of hydrogen-bond acceptors (Lipinski definition) is 6. The molecule has 0 saturated carbocycles. The summed E-state index contributed by atoms with van der Waals surface area (Å²) in [5.74, 6) is 2.07. The predicted molar refractivity (Wildman–Crippen MR) is 101 cm³/mol. The number of carbonyl (C=O) groups excluding carboxylic acids is 1. The number of ether oxygens (including phenoxy) is 1. The Labute approximate surface area is 163 Å². The molecular weight excluding hydrogens is 358 g/mol. The fourth-order valence-electron chi connectivity index (χ4n) is 3.26. The van der Waals surface area contributed by atoms with Crippen LogP contribution in [-0.4, -0.2) is 43.8 Å². The normalized spacial score (nSPS) is 14.1. The van der Waals surface area contributed by atoms with E-state index in [-0.39, 0.29) is 18.4 Å². The van der Waals surface area contributed by atoms with Crippen molar-refractivity contribution in [2.45, 2.75) is 39.3 Å². The van der Waals surface area contributed by atoms with E-state index in [0.29, 0.717) is 37.8 Å². The average Bonchev–Trinajstić information content (AvgIpc) is 3.24. The molecule has 0 aliphatic carbocycles. The van der Waals surface area contributed by atoms with Crippen molar-refractivity contribution in [2.24, 2.45) is 0 Å². The number of carbonyl (C=O) groups is 1. The van der Waals surface area contributed by atoms with Crippen LogP contribution in [0.2, 0.25) is 0 Å². The lowest BCUT2D eigenvalue weighted by molar-refractivity contribution is -0.136.